The molecule has 48 heavy (non-hydrogen) atoms. The number of phosphoric ester groups is 1. The van der Waals surface area contributed by atoms with E-state index < -0.39 is 13.9 Å². The second kappa shape index (κ2) is 36.5. The largest absolute Gasteiger partial charge is 0.472 e. The highest BCUT2D eigenvalue weighted by molar-refractivity contribution is 7.47. The lowest BCUT2D eigenvalue weighted by molar-refractivity contribution is -0.154. The predicted molar refractivity (Wildman–Crippen MR) is 201 cm³/mol. The molecule has 0 aliphatic heterocycles. The predicted octanol–water partition coefficient (Wildman–Crippen LogP) is 10.6. The monoisotopic (exact) mass is 695 g/mol. The molecule has 278 valence electrons. The molecular formula is C39H70NO7P. The van der Waals surface area contributed by atoms with Crippen LogP contribution in [0.1, 0.15) is 142 Å². The van der Waals surface area contributed by atoms with E-state index in [1.54, 1.807) is 0 Å². The summed E-state index contributed by atoms with van der Waals surface area (Å²) in [4.78, 5) is 21.9. The van der Waals surface area contributed by atoms with Crippen molar-refractivity contribution in [3.8, 4) is 0 Å². The second-order valence-corrected chi connectivity index (χ2v) is 13.5. The molecule has 9 heteroatoms. The SMILES string of the molecule is CC/C=C\C/C=C\C/C=C\C/C=C\C/C=C\CCCCCCCCCCCCOCC(COP(=O)(O)OCCN)OC(=O)CCCCC. The van der Waals surface area contributed by atoms with Gasteiger partial charge in [0.05, 0.1) is 19.8 Å². The minimum atomic E-state index is -4.25. The molecule has 0 aromatic heterocycles. The number of allylic oxidation sites excluding steroid dienone is 10. The number of phosphoric acid groups is 1. The second-order valence-electron chi connectivity index (χ2n) is 12.1. The standard InChI is InChI=1S/C39H70NO7P/c1-3-5-7-8-9-10-11-12-13-14-15-16-17-18-19-20-21-22-23-24-25-26-27-28-29-31-34-44-36-38(47-39(41)32-30-6-4-2)37-46-48(42,43)45-35-33-40/h5,7,9-10,12-13,15-16,18-19,38H,3-4,6,8,11,14,17,20-37,40H2,1-2H3,(H,42,43)/b7-5-,10-9-,13-12-,16-15-,19-18-. The third kappa shape index (κ3) is 35.5. The maximum Gasteiger partial charge on any atom is 0.472 e. The number of esters is 1. The zero-order valence-corrected chi connectivity index (χ0v) is 31.3. The quantitative estimate of drug-likeness (QED) is 0.0291. The van der Waals surface area contributed by atoms with Crippen molar-refractivity contribution in [2.45, 2.75) is 148 Å². The molecule has 0 saturated carbocycles. The van der Waals surface area contributed by atoms with Crippen molar-refractivity contribution in [2.24, 2.45) is 5.73 Å². The summed E-state index contributed by atoms with van der Waals surface area (Å²) in [6.45, 7) is 4.60. The van der Waals surface area contributed by atoms with Crippen LogP contribution in [0.25, 0.3) is 0 Å². The summed E-state index contributed by atoms with van der Waals surface area (Å²) >= 11 is 0. The first-order chi connectivity index (χ1) is 23.4. The number of ether oxygens (including phenoxy) is 2. The van der Waals surface area contributed by atoms with Crippen molar-refractivity contribution >= 4 is 13.8 Å². The Kier molecular flexibility index (Phi) is 35.1. The number of hydrogen-bond donors (Lipinski definition) is 2. The zero-order valence-electron chi connectivity index (χ0n) is 30.4. The van der Waals surface area contributed by atoms with Crippen molar-refractivity contribution in [2.75, 3.05) is 33.0 Å². The molecule has 3 N–H and O–H groups in total. The van der Waals surface area contributed by atoms with Gasteiger partial charge in [-0.15, -0.1) is 0 Å². The van der Waals surface area contributed by atoms with Gasteiger partial charge >= 0.3 is 13.8 Å². The molecule has 0 aromatic rings. The lowest BCUT2D eigenvalue weighted by atomic mass is 10.1. The molecule has 0 fully saturated rings. The van der Waals surface area contributed by atoms with E-state index in [4.69, 9.17) is 24.3 Å². The minimum absolute atomic E-state index is 0.0971. The average molecular weight is 696 g/mol. The molecule has 0 bridgehead atoms. The fourth-order valence-electron chi connectivity index (χ4n) is 4.73. The summed E-state index contributed by atoms with van der Waals surface area (Å²) in [6, 6.07) is 0. The maximum atomic E-state index is 12.2. The van der Waals surface area contributed by atoms with Crippen LogP contribution in [0.2, 0.25) is 0 Å². The van der Waals surface area contributed by atoms with Crippen LogP contribution in [0, 0.1) is 0 Å². The van der Waals surface area contributed by atoms with Gasteiger partial charge in [0.1, 0.15) is 6.10 Å². The van der Waals surface area contributed by atoms with Gasteiger partial charge in [-0.2, -0.15) is 0 Å². The van der Waals surface area contributed by atoms with Crippen LogP contribution in [0.4, 0.5) is 0 Å². The molecule has 2 atom stereocenters. The van der Waals surface area contributed by atoms with Crippen molar-refractivity contribution in [3.05, 3.63) is 60.8 Å². The van der Waals surface area contributed by atoms with E-state index in [-0.39, 0.29) is 32.3 Å². The Morgan fingerprint density at radius 1 is 0.646 bits per heavy atom. The summed E-state index contributed by atoms with van der Waals surface area (Å²) in [7, 11) is -4.25. The third-order valence-electron chi connectivity index (χ3n) is 7.45. The molecule has 0 aliphatic carbocycles. The van der Waals surface area contributed by atoms with Crippen molar-refractivity contribution in [1.82, 2.24) is 0 Å². The maximum absolute atomic E-state index is 12.2. The van der Waals surface area contributed by atoms with Gasteiger partial charge in [-0.3, -0.25) is 13.8 Å². The van der Waals surface area contributed by atoms with Crippen molar-refractivity contribution < 1.29 is 32.8 Å². The zero-order chi connectivity index (χ0) is 35.2. The van der Waals surface area contributed by atoms with E-state index in [0.29, 0.717) is 13.0 Å². The van der Waals surface area contributed by atoms with E-state index in [1.807, 2.05) is 0 Å². The van der Waals surface area contributed by atoms with Crippen LogP contribution in [0.15, 0.2) is 60.8 Å². The van der Waals surface area contributed by atoms with Gasteiger partial charge < -0.3 is 20.1 Å². The van der Waals surface area contributed by atoms with E-state index in [1.165, 1.54) is 57.8 Å². The minimum Gasteiger partial charge on any atom is -0.457 e. The molecule has 0 heterocycles. The van der Waals surface area contributed by atoms with Gasteiger partial charge in [-0.25, -0.2) is 4.57 Å². The van der Waals surface area contributed by atoms with Crippen LogP contribution in [-0.2, 0) is 27.9 Å². The van der Waals surface area contributed by atoms with Gasteiger partial charge in [-0.05, 0) is 57.8 Å². The van der Waals surface area contributed by atoms with E-state index in [2.05, 4.69) is 74.6 Å². The van der Waals surface area contributed by atoms with Crippen LogP contribution in [-0.4, -0.2) is 49.9 Å². The average Bonchev–Trinajstić information content (AvgIpc) is 3.07. The molecule has 0 aromatic carbocycles. The number of carbonyl (C=O) groups is 1. The summed E-state index contributed by atoms with van der Waals surface area (Å²) in [5.74, 6) is -0.360. The Bertz CT molecular complexity index is 916. The number of hydrogen-bond acceptors (Lipinski definition) is 7. The van der Waals surface area contributed by atoms with Gasteiger partial charge in [0, 0.05) is 19.6 Å². The fourth-order valence-corrected chi connectivity index (χ4v) is 5.49. The molecule has 0 spiro atoms. The molecule has 0 saturated heterocycles. The first-order valence-electron chi connectivity index (χ1n) is 18.8. The molecule has 0 radical (unpaired) electrons. The molecule has 2 unspecified atom stereocenters. The van der Waals surface area contributed by atoms with Crippen molar-refractivity contribution in [3.63, 3.8) is 0 Å². The molecule has 8 nitrogen and oxygen atoms in total. The highest BCUT2D eigenvalue weighted by Gasteiger charge is 2.25. The molecular weight excluding hydrogens is 625 g/mol. The summed E-state index contributed by atoms with van der Waals surface area (Å²) in [5.41, 5.74) is 5.31. The number of nitrogens with two attached hydrogens (primary N) is 1. The summed E-state index contributed by atoms with van der Waals surface area (Å²) < 4.78 is 32.9. The normalized spacial score (nSPS) is 14.3. The van der Waals surface area contributed by atoms with Gasteiger partial charge in [0.25, 0.3) is 0 Å². The fraction of sp³-hybridized carbons (Fsp3) is 0.718. The van der Waals surface area contributed by atoms with Crippen molar-refractivity contribution in [1.29, 1.82) is 0 Å². The van der Waals surface area contributed by atoms with Gasteiger partial charge in [0.2, 0.25) is 0 Å². The Balaban J connectivity index is 3.77. The van der Waals surface area contributed by atoms with Crippen LogP contribution >= 0.6 is 7.82 Å². The Morgan fingerprint density at radius 3 is 1.71 bits per heavy atom. The molecule has 0 rings (SSSR count). The lowest BCUT2D eigenvalue weighted by Gasteiger charge is -2.20. The Hall–Kier alpha value is -1.80. The van der Waals surface area contributed by atoms with Crippen LogP contribution in [0.3, 0.4) is 0 Å². The number of unbranched alkanes of at least 4 members (excludes halogenated alkanes) is 12. The molecule has 0 amide bonds. The van der Waals surface area contributed by atoms with Gasteiger partial charge in [0.15, 0.2) is 0 Å². The summed E-state index contributed by atoms with van der Waals surface area (Å²) in [6.07, 6.45) is 43.2. The Morgan fingerprint density at radius 2 is 1.17 bits per heavy atom. The Labute approximate surface area is 293 Å². The first-order valence-corrected chi connectivity index (χ1v) is 20.3. The van der Waals surface area contributed by atoms with Crippen LogP contribution in [0.5, 0.6) is 0 Å². The number of rotatable bonds is 35. The highest BCUT2D eigenvalue weighted by atomic mass is 31.2. The number of carbonyl (C=O) groups excluding carboxylic acids is 1. The van der Waals surface area contributed by atoms with Gasteiger partial charge in [-0.1, -0.05) is 139 Å². The van der Waals surface area contributed by atoms with E-state index in [0.717, 1.165) is 64.2 Å². The third-order valence-corrected chi connectivity index (χ3v) is 8.43. The highest BCUT2D eigenvalue weighted by Crippen LogP contribution is 2.43. The first kappa shape index (κ1) is 46.2. The topological polar surface area (TPSA) is 117 Å². The summed E-state index contributed by atoms with van der Waals surface area (Å²) in [5, 5.41) is 0. The smallest absolute Gasteiger partial charge is 0.457 e. The lowest BCUT2D eigenvalue weighted by Crippen LogP contribution is -2.28. The van der Waals surface area contributed by atoms with E-state index >= 15 is 0 Å². The molecule has 0 aliphatic rings. The van der Waals surface area contributed by atoms with Crippen LogP contribution < -0.4 is 5.73 Å². The van der Waals surface area contributed by atoms with E-state index in [9.17, 15) is 14.3 Å².